The van der Waals surface area contributed by atoms with E-state index >= 15 is 0 Å². The summed E-state index contributed by atoms with van der Waals surface area (Å²) in [5.41, 5.74) is -5.56. The van der Waals surface area contributed by atoms with Crippen molar-refractivity contribution in [2.45, 2.75) is 42.4 Å². The van der Waals surface area contributed by atoms with Gasteiger partial charge in [-0.2, -0.15) is 26.3 Å². The molecule has 0 bridgehead atoms. The lowest BCUT2D eigenvalue weighted by Gasteiger charge is -2.32. The van der Waals surface area contributed by atoms with Gasteiger partial charge in [0.05, 0.1) is 10.6 Å². The van der Waals surface area contributed by atoms with Crippen LogP contribution < -0.4 is 10.6 Å². The maximum absolute atomic E-state index is 13.0. The first kappa shape index (κ1) is 25.0. The number of amides is 1. The van der Waals surface area contributed by atoms with Crippen LogP contribution in [0.2, 0.25) is 0 Å². The highest BCUT2D eigenvalue weighted by Gasteiger charge is 2.71. The minimum Gasteiger partial charge on any atom is -0.369 e. The SMILES string of the molecule is CCS(=O)(=O)c1ccc2c(c1)CNC2C(=O)Nc1ccc(C(O)(C(F)(F)F)C(F)(F)F)cc1. The summed E-state index contributed by atoms with van der Waals surface area (Å²) >= 11 is 0. The van der Waals surface area contributed by atoms with Gasteiger partial charge < -0.3 is 10.4 Å². The number of sulfone groups is 1. The van der Waals surface area contributed by atoms with Crippen LogP contribution in [0.3, 0.4) is 0 Å². The van der Waals surface area contributed by atoms with E-state index in [9.17, 15) is 44.7 Å². The van der Waals surface area contributed by atoms with E-state index in [0.717, 1.165) is 12.1 Å². The summed E-state index contributed by atoms with van der Waals surface area (Å²) in [6.07, 6.45) is -12.0. The highest BCUT2D eigenvalue weighted by atomic mass is 32.2. The standard InChI is InChI=1S/C20H18F6N2O4S/c1-2-33(31,32)14-7-8-15-11(9-14)10-27-16(15)17(29)28-13-5-3-12(4-6-13)18(30,19(21,22)23)20(24,25)26/h3-9,16,27,30H,2,10H2,1H3,(H,28,29). The highest BCUT2D eigenvalue weighted by Crippen LogP contribution is 2.50. The van der Waals surface area contributed by atoms with E-state index < -0.39 is 45.3 Å². The number of nitrogens with one attached hydrogen (secondary N) is 2. The number of halogens is 6. The number of carbonyl (C=O) groups is 1. The minimum atomic E-state index is -6.02. The number of alkyl halides is 6. The van der Waals surface area contributed by atoms with Crippen LogP contribution in [-0.4, -0.2) is 37.5 Å². The molecule has 3 N–H and O–H groups in total. The number of fused-ring (bicyclic) bond motifs is 1. The molecule has 0 fully saturated rings. The second-order valence-corrected chi connectivity index (χ2v) is 9.63. The number of hydrogen-bond acceptors (Lipinski definition) is 5. The Morgan fingerprint density at radius 2 is 1.64 bits per heavy atom. The lowest BCUT2D eigenvalue weighted by molar-refractivity contribution is -0.376. The van der Waals surface area contributed by atoms with Gasteiger partial charge in [0.15, 0.2) is 9.84 Å². The zero-order chi connectivity index (χ0) is 24.8. The van der Waals surface area contributed by atoms with E-state index in [2.05, 4.69) is 10.6 Å². The van der Waals surface area contributed by atoms with Crippen molar-refractivity contribution >= 4 is 21.4 Å². The van der Waals surface area contributed by atoms with Gasteiger partial charge in [-0.15, -0.1) is 0 Å². The maximum Gasteiger partial charge on any atom is 0.430 e. The quantitative estimate of drug-likeness (QED) is 0.551. The van der Waals surface area contributed by atoms with Crippen molar-refractivity contribution in [3.8, 4) is 0 Å². The third kappa shape index (κ3) is 4.44. The van der Waals surface area contributed by atoms with E-state index in [1.165, 1.54) is 25.1 Å². The lowest BCUT2D eigenvalue weighted by atomic mass is 9.92. The molecule has 2 aromatic rings. The molecule has 1 aliphatic heterocycles. The fourth-order valence-corrected chi connectivity index (χ4v) is 4.36. The average molecular weight is 496 g/mol. The summed E-state index contributed by atoms with van der Waals surface area (Å²) in [7, 11) is -3.45. The van der Waals surface area contributed by atoms with Crippen LogP contribution >= 0.6 is 0 Å². The molecule has 0 spiro atoms. The van der Waals surface area contributed by atoms with Crippen LogP contribution in [0.5, 0.6) is 0 Å². The number of anilines is 1. The molecule has 1 unspecified atom stereocenters. The molecule has 1 amide bonds. The van der Waals surface area contributed by atoms with E-state index in [4.69, 9.17) is 0 Å². The van der Waals surface area contributed by atoms with Crippen LogP contribution in [0.25, 0.3) is 0 Å². The zero-order valence-corrected chi connectivity index (χ0v) is 17.7. The molecule has 0 aromatic heterocycles. The van der Waals surface area contributed by atoms with E-state index in [0.29, 0.717) is 23.3 Å². The summed E-state index contributed by atoms with van der Waals surface area (Å²) in [5, 5.41) is 14.7. The number of hydrogen-bond donors (Lipinski definition) is 3. The van der Waals surface area contributed by atoms with Crippen LogP contribution in [0.4, 0.5) is 32.0 Å². The Morgan fingerprint density at radius 1 is 1.06 bits per heavy atom. The molecule has 1 aliphatic rings. The van der Waals surface area contributed by atoms with Gasteiger partial charge in [-0.3, -0.25) is 10.1 Å². The summed E-state index contributed by atoms with van der Waals surface area (Å²) in [5.74, 6) is -0.758. The first-order valence-corrected chi connectivity index (χ1v) is 11.1. The van der Waals surface area contributed by atoms with E-state index in [1.54, 1.807) is 0 Å². The van der Waals surface area contributed by atoms with Crippen molar-refractivity contribution in [2.75, 3.05) is 11.1 Å². The van der Waals surface area contributed by atoms with Crippen molar-refractivity contribution in [1.29, 1.82) is 0 Å². The van der Waals surface area contributed by atoms with Crippen LogP contribution in [-0.2, 0) is 26.8 Å². The Bertz CT molecular complexity index is 1150. The fourth-order valence-electron chi connectivity index (χ4n) is 3.43. The fraction of sp³-hybridized carbons (Fsp3) is 0.350. The monoisotopic (exact) mass is 496 g/mol. The summed E-state index contributed by atoms with van der Waals surface area (Å²) in [6.45, 7) is 1.68. The molecular formula is C20H18F6N2O4S. The Hall–Kier alpha value is -2.64. The number of rotatable bonds is 5. The van der Waals surface area contributed by atoms with Gasteiger partial charge >= 0.3 is 12.4 Å². The molecular weight excluding hydrogens is 478 g/mol. The second-order valence-electron chi connectivity index (χ2n) is 7.35. The first-order valence-electron chi connectivity index (χ1n) is 9.48. The molecule has 13 heteroatoms. The van der Waals surface area contributed by atoms with Crippen LogP contribution in [0.1, 0.15) is 29.7 Å². The molecule has 0 saturated heterocycles. The van der Waals surface area contributed by atoms with Crippen molar-refractivity contribution in [3.05, 3.63) is 59.2 Å². The molecule has 1 atom stereocenters. The van der Waals surface area contributed by atoms with Gasteiger partial charge in [0.2, 0.25) is 5.91 Å². The van der Waals surface area contributed by atoms with Crippen molar-refractivity contribution in [1.82, 2.24) is 5.32 Å². The minimum absolute atomic E-state index is 0.100. The van der Waals surface area contributed by atoms with Crippen molar-refractivity contribution in [3.63, 3.8) is 0 Å². The third-order valence-corrected chi connectivity index (χ3v) is 7.05. The molecule has 0 saturated carbocycles. The highest BCUT2D eigenvalue weighted by molar-refractivity contribution is 7.91. The van der Waals surface area contributed by atoms with Gasteiger partial charge in [-0.25, -0.2) is 8.42 Å². The number of carbonyl (C=O) groups excluding carboxylic acids is 1. The van der Waals surface area contributed by atoms with Gasteiger partial charge in [0.1, 0.15) is 6.04 Å². The molecule has 1 heterocycles. The van der Waals surface area contributed by atoms with Gasteiger partial charge in [-0.05, 0) is 35.4 Å². The van der Waals surface area contributed by atoms with E-state index in [1.807, 2.05) is 0 Å². The largest absolute Gasteiger partial charge is 0.430 e. The van der Waals surface area contributed by atoms with Crippen molar-refractivity contribution in [2.24, 2.45) is 0 Å². The topological polar surface area (TPSA) is 95.5 Å². The summed E-state index contributed by atoms with van der Waals surface area (Å²) in [6, 6.07) is 5.82. The Labute approximate surface area is 184 Å². The molecule has 0 radical (unpaired) electrons. The summed E-state index contributed by atoms with van der Waals surface area (Å²) in [4.78, 5) is 12.7. The first-order chi connectivity index (χ1) is 15.1. The molecule has 2 aromatic carbocycles. The van der Waals surface area contributed by atoms with Gasteiger partial charge in [-0.1, -0.05) is 25.1 Å². The molecule has 33 heavy (non-hydrogen) atoms. The normalized spacial score (nSPS) is 17.0. The van der Waals surface area contributed by atoms with Crippen LogP contribution in [0, 0.1) is 0 Å². The van der Waals surface area contributed by atoms with Crippen LogP contribution in [0.15, 0.2) is 47.4 Å². The number of aliphatic hydroxyl groups is 1. The van der Waals surface area contributed by atoms with E-state index in [-0.39, 0.29) is 22.9 Å². The summed E-state index contributed by atoms with van der Waals surface area (Å²) < 4.78 is 102. The third-order valence-electron chi connectivity index (χ3n) is 5.31. The molecule has 3 rings (SSSR count). The predicted molar refractivity (Wildman–Crippen MR) is 105 cm³/mol. The van der Waals surface area contributed by atoms with Gasteiger partial charge in [0.25, 0.3) is 5.60 Å². The second kappa shape index (κ2) is 8.29. The molecule has 0 aliphatic carbocycles. The van der Waals surface area contributed by atoms with Crippen molar-refractivity contribution < 1.29 is 44.7 Å². The Kier molecular flexibility index (Phi) is 6.28. The number of benzene rings is 2. The Balaban J connectivity index is 1.81. The molecule has 180 valence electrons. The smallest absolute Gasteiger partial charge is 0.369 e. The predicted octanol–water partition coefficient (Wildman–Crippen LogP) is 3.58. The lowest BCUT2D eigenvalue weighted by Crippen LogP contribution is -2.53. The maximum atomic E-state index is 13.0. The van der Waals surface area contributed by atoms with Gasteiger partial charge in [0, 0.05) is 17.8 Å². The molecule has 6 nitrogen and oxygen atoms in total. The zero-order valence-electron chi connectivity index (χ0n) is 16.9. The average Bonchev–Trinajstić information content (AvgIpc) is 3.15. The Morgan fingerprint density at radius 3 is 2.15 bits per heavy atom.